The lowest BCUT2D eigenvalue weighted by molar-refractivity contribution is -0.167. The molecule has 0 N–H and O–H groups in total. The van der Waals surface area contributed by atoms with Crippen LogP contribution in [-0.2, 0) is 28.6 Å². The molecule has 0 aliphatic heterocycles. The number of hydrogen-bond donors (Lipinski definition) is 0. The Labute approximate surface area is 302 Å². The number of esters is 3. The maximum Gasteiger partial charge on any atom is 0.306 e. The Morgan fingerprint density at radius 1 is 0.388 bits per heavy atom. The van der Waals surface area contributed by atoms with Gasteiger partial charge in [0.25, 0.3) is 0 Å². The first-order chi connectivity index (χ1) is 24.0. The Hall–Kier alpha value is -2.37. The molecule has 1 unspecified atom stereocenters. The molecule has 49 heavy (non-hydrogen) atoms. The van der Waals surface area contributed by atoms with Crippen LogP contribution in [-0.4, -0.2) is 37.2 Å². The zero-order valence-electron chi connectivity index (χ0n) is 32.2. The van der Waals surface area contributed by atoms with Crippen molar-refractivity contribution in [2.45, 2.75) is 207 Å². The fourth-order valence-corrected chi connectivity index (χ4v) is 5.38. The van der Waals surface area contributed by atoms with Crippen molar-refractivity contribution in [3.8, 4) is 0 Å². The number of rotatable bonds is 36. The summed E-state index contributed by atoms with van der Waals surface area (Å²) in [5, 5.41) is 0. The fourth-order valence-electron chi connectivity index (χ4n) is 5.38. The van der Waals surface area contributed by atoms with Crippen molar-refractivity contribution in [2.75, 3.05) is 13.2 Å². The number of unbranched alkanes of at least 4 members (excludes halogenated alkanes) is 19. The third-order valence-electron chi connectivity index (χ3n) is 8.59. The van der Waals surface area contributed by atoms with Crippen molar-refractivity contribution < 1.29 is 28.6 Å². The molecule has 6 heteroatoms. The zero-order valence-corrected chi connectivity index (χ0v) is 32.2. The largest absolute Gasteiger partial charge is 0.462 e. The van der Waals surface area contributed by atoms with Gasteiger partial charge in [-0.3, -0.25) is 14.4 Å². The van der Waals surface area contributed by atoms with Crippen LogP contribution in [0.25, 0.3) is 0 Å². The second-order valence-electron chi connectivity index (χ2n) is 13.5. The third kappa shape index (κ3) is 36.7. The molecule has 284 valence electrons. The molecule has 0 radical (unpaired) electrons. The van der Waals surface area contributed by atoms with Gasteiger partial charge in [-0.15, -0.1) is 0 Å². The monoisotopic (exact) mass is 689 g/mol. The van der Waals surface area contributed by atoms with Gasteiger partial charge < -0.3 is 14.2 Å². The topological polar surface area (TPSA) is 78.9 Å². The van der Waals surface area contributed by atoms with Gasteiger partial charge in [0.1, 0.15) is 13.2 Å². The molecule has 0 aromatic heterocycles. The van der Waals surface area contributed by atoms with Crippen LogP contribution in [0.4, 0.5) is 0 Å². The van der Waals surface area contributed by atoms with Crippen LogP contribution in [0.1, 0.15) is 201 Å². The summed E-state index contributed by atoms with van der Waals surface area (Å²) in [5.41, 5.74) is 0. The van der Waals surface area contributed by atoms with Crippen LogP contribution in [0.2, 0.25) is 0 Å². The summed E-state index contributed by atoms with van der Waals surface area (Å²) < 4.78 is 16.6. The molecule has 0 saturated carbocycles. The van der Waals surface area contributed by atoms with Gasteiger partial charge in [-0.25, -0.2) is 0 Å². The van der Waals surface area contributed by atoms with Crippen LogP contribution < -0.4 is 0 Å². The van der Waals surface area contributed by atoms with Crippen LogP contribution >= 0.6 is 0 Å². The van der Waals surface area contributed by atoms with Crippen molar-refractivity contribution in [2.24, 2.45) is 0 Å². The lowest BCUT2D eigenvalue weighted by Crippen LogP contribution is -2.30. The summed E-state index contributed by atoms with van der Waals surface area (Å²) in [7, 11) is 0. The molecule has 0 spiro atoms. The van der Waals surface area contributed by atoms with E-state index in [1.54, 1.807) is 0 Å². The summed E-state index contributed by atoms with van der Waals surface area (Å²) in [6.45, 7) is 6.46. The van der Waals surface area contributed by atoms with Crippen LogP contribution in [0, 0.1) is 0 Å². The van der Waals surface area contributed by atoms with Crippen LogP contribution in [0.5, 0.6) is 0 Å². The van der Waals surface area contributed by atoms with Gasteiger partial charge in [0.05, 0.1) is 0 Å². The minimum atomic E-state index is -0.779. The highest BCUT2D eigenvalue weighted by atomic mass is 16.6. The number of hydrogen-bond acceptors (Lipinski definition) is 6. The molecule has 0 aromatic rings. The molecule has 0 aromatic carbocycles. The van der Waals surface area contributed by atoms with Crippen molar-refractivity contribution >= 4 is 17.9 Å². The molecule has 0 aliphatic carbocycles. The summed E-state index contributed by atoms with van der Waals surface area (Å²) in [6.07, 6.45) is 41.3. The van der Waals surface area contributed by atoms with Crippen molar-refractivity contribution in [3.05, 3.63) is 36.5 Å². The predicted octanol–water partition coefficient (Wildman–Crippen LogP) is 12.6. The van der Waals surface area contributed by atoms with Crippen molar-refractivity contribution in [1.29, 1.82) is 0 Å². The van der Waals surface area contributed by atoms with Gasteiger partial charge >= 0.3 is 17.9 Å². The Morgan fingerprint density at radius 2 is 0.673 bits per heavy atom. The van der Waals surface area contributed by atoms with E-state index in [4.69, 9.17) is 14.2 Å². The van der Waals surface area contributed by atoms with E-state index in [-0.39, 0.29) is 31.1 Å². The average molecular weight is 689 g/mol. The minimum absolute atomic E-state index is 0.0850. The first kappa shape index (κ1) is 46.6. The molecule has 0 fully saturated rings. The number of carbonyl (C=O) groups is 3. The zero-order chi connectivity index (χ0) is 35.9. The Kier molecular flexibility index (Phi) is 36.6. The lowest BCUT2D eigenvalue weighted by Gasteiger charge is -2.18. The van der Waals surface area contributed by atoms with Crippen LogP contribution in [0.3, 0.4) is 0 Å². The second kappa shape index (κ2) is 38.4. The molecule has 0 amide bonds. The Bertz CT molecular complexity index is 845. The van der Waals surface area contributed by atoms with Gasteiger partial charge in [-0.2, -0.15) is 0 Å². The van der Waals surface area contributed by atoms with Crippen LogP contribution in [0.15, 0.2) is 36.5 Å². The van der Waals surface area contributed by atoms with Gasteiger partial charge in [-0.05, 0) is 77.0 Å². The highest BCUT2D eigenvalue weighted by Gasteiger charge is 2.19. The Morgan fingerprint density at radius 3 is 1.02 bits per heavy atom. The molecular formula is C43H76O6. The number of allylic oxidation sites excluding steroid dienone is 6. The molecule has 1 atom stereocenters. The molecule has 6 nitrogen and oxygen atoms in total. The predicted molar refractivity (Wildman–Crippen MR) is 206 cm³/mol. The first-order valence-corrected chi connectivity index (χ1v) is 20.5. The average Bonchev–Trinajstić information content (AvgIpc) is 3.10. The molecular weight excluding hydrogens is 612 g/mol. The second-order valence-corrected chi connectivity index (χ2v) is 13.5. The third-order valence-corrected chi connectivity index (χ3v) is 8.59. The molecule has 0 rings (SSSR count). The fraction of sp³-hybridized carbons (Fsp3) is 0.791. The standard InChI is InChI=1S/C43H76O6/c1-4-7-10-13-16-19-22-25-27-30-33-36-42(45)48-39-40(49-43(46)37-34-31-28-24-21-18-15-12-9-6-3)38-47-41(44)35-32-29-26-23-20-17-14-11-8-5-2/h13-18,40H,4-12,19-39H2,1-3H3/b16-13-,17-14-,18-15-. The van der Waals surface area contributed by atoms with Gasteiger partial charge in [0.2, 0.25) is 0 Å². The van der Waals surface area contributed by atoms with Gasteiger partial charge in [-0.1, -0.05) is 141 Å². The summed E-state index contributed by atoms with van der Waals surface area (Å²) >= 11 is 0. The molecule has 0 bridgehead atoms. The molecule has 0 aliphatic rings. The van der Waals surface area contributed by atoms with E-state index >= 15 is 0 Å². The van der Waals surface area contributed by atoms with E-state index < -0.39 is 6.10 Å². The van der Waals surface area contributed by atoms with Crippen molar-refractivity contribution in [1.82, 2.24) is 0 Å². The maximum absolute atomic E-state index is 12.6. The summed E-state index contributed by atoms with van der Waals surface area (Å²) in [6, 6.07) is 0. The van der Waals surface area contributed by atoms with E-state index in [0.29, 0.717) is 19.3 Å². The SMILES string of the molecule is CCCC/C=C\CCCCCCCC(=O)OCC(COC(=O)CCCCCC/C=C\CCCC)OC(=O)CCCCCC/C=C\CCCC. The first-order valence-electron chi connectivity index (χ1n) is 20.5. The molecule has 0 saturated heterocycles. The van der Waals surface area contributed by atoms with Gasteiger partial charge in [0.15, 0.2) is 6.10 Å². The lowest BCUT2D eigenvalue weighted by atomic mass is 10.1. The number of carbonyl (C=O) groups excluding carboxylic acids is 3. The van der Waals surface area contributed by atoms with Crippen molar-refractivity contribution in [3.63, 3.8) is 0 Å². The summed E-state index contributed by atoms with van der Waals surface area (Å²) in [4.78, 5) is 37.5. The number of ether oxygens (including phenoxy) is 3. The summed E-state index contributed by atoms with van der Waals surface area (Å²) in [5.74, 6) is -0.928. The maximum atomic E-state index is 12.6. The minimum Gasteiger partial charge on any atom is -0.462 e. The van der Waals surface area contributed by atoms with E-state index in [0.717, 1.165) is 103 Å². The van der Waals surface area contributed by atoms with Gasteiger partial charge in [0, 0.05) is 19.3 Å². The quantitative estimate of drug-likeness (QED) is 0.0282. The molecule has 0 heterocycles. The van der Waals surface area contributed by atoms with E-state index in [1.807, 2.05) is 0 Å². The van der Waals surface area contributed by atoms with E-state index in [2.05, 4.69) is 57.2 Å². The van der Waals surface area contributed by atoms with E-state index in [1.165, 1.54) is 57.8 Å². The highest BCUT2D eigenvalue weighted by molar-refractivity contribution is 5.71. The Balaban J connectivity index is 4.42. The normalized spacial score (nSPS) is 12.3. The highest BCUT2D eigenvalue weighted by Crippen LogP contribution is 2.12. The smallest absolute Gasteiger partial charge is 0.306 e. The van der Waals surface area contributed by atoms with E-state index in [9.17, 15) is 14.4 Å².